The Balaban J connectivity index is 3.22. The topological polar surface area (TPSA) is 17.1 Å². The molecule has 0 saturated carbocycles. The first kappa shape index (κ1) is 11.0. The maximum Gasteiger partial charge on any atom is 0.127 e. The van der Waals surface area contributed by atoms with Gasteiger partial charge in [-0.05, 0) is 39.8 Å². The Hall–Kier alpha value is -0.0900. The smallest absolute Gasteiger partial charge is 0.127 e. The fraction of sp³-hybridized carbons (Fsp3) is 0.300. The van der Waals surface area contributed by atoms with E-state index in [0.717, 1.165) is 21.0 Å². The number of hydrogen-bond donors (Lipinski definition) is 0. The van der Waals surface area contributed by atoms with Crippen LogP contribution in [0.25, 0.3) is 0 Å². The third-order valence-corrected chi connectivity index (χ3v) is 3.18. The second-order valence-corrected chi connectivity index (χ2v) is 4.30. The van der Waals surface area contributed by atoms with Crippen molar-refractivity contribution < 1.29 is 4.79 Å². The predicted octanol–water partition coefficient (Wildman–Crippen LogP) is 3.33. The quantitative estimate of drug-likeness (QED) is 0.475. The Morgan fingerprint density at radius 3 is 2.85 bits per heavy atom. The van der Waals surface area contributed by atoms with Gasteiger partial charge >= 0.3 is 0 Å². The highest BCUT2D eigenvalue weighted by Crippen LogP contribution is 2.25. The number of benzene rings is 1. The summed E-state index contributed by atoms with van der Waals surface area (Å²) in [5, 5.41) is 0. The van der Waals surface area contributed by atoms with Gasteiger partial charge < -0.3 is 4.79 Å². The van der Waals surface area contributed by atoms with E-state index in [9.17, 15) is 4.79 Å². The Morgan fingerprint density at radius 1 is 1.62 bits per heavy atom. The van der Waals surface area contributed by atoms with Crippen LogP contribution >= 0.6 is 34.2 Å². The Labute approximate surface area is 96.6 Å². The van der Waals surface area contributed by atoms with Crippen LogP contribution in [0.4, 0.5) is 0 Å². The highest BCUT2D eigenvalue weighted by atomic mass is 127. The summed E-state index contributed by atoms with van der Waals surface area (Å²) in [5.74, 6) is 0.395. The average Bonchev–Trinajstić information content (AvgIpc) is 2.16. The molecular weight excluding hydrogens is 298 g/mol. The molecule has 0 fully saturated rings. The molecule has 13 heavy (non-hydrogen) atoms. The third-order valence-electron chi connectivity index (χ3n) is 1.95. The van der Waals surface area contributed by atoms with E-state index < -0.39 is 0 Å². The van der Waals surface area contributed by atoms with E-state index >= 15 is 0 Å². The van der Waals surface area contributed by atoms with Gasteiger partial charge in [0.1, 0.15) is 6.29 Å². The molecule has 70 valence electrons. The molecule has 0 spiro atoms. The van der Waals surface area contributed by atoms with E-state index in [1.165, 1.54) is 0 Å². The van der Waals surface area contributed by atoms with Crippen LogP contribution in [0.2, 0.25) is 0 Å². The van der Waals surface area contributed by atoms with E-state index in [-0.39, 0.29) is 5.92 Å². The lowest BCUT2D eigenvalue weighted by Crippen LogP contribution is -2.01. The lowest BCUT2D eigenvalue weighted by atomic mass is 9.98. The van der Waals surface area contributed by atoms with Gasteiger partial charge in [0.25, 0.3) is 0 Å². The van der Waals surface area contributed by atoms with Crippen LogP contribution in [0, 0.1) is 3.57 Å². The van der Waals surface area contributed by atoms with E-state index in [2.05, 4.69) is 22.6 Å². The zero-order chi connectivity index (χ0) is 9.84. The summed E-state index contributed by atoms with van der Waals surface area (Å²) in [5.41, 5.74) is 2.11. The number of aldehydes is 1. The number of rotatable bonds is 3. The van der Waals surface area contributed by atoms with Crippen molar-refractivity contribution in [2.75, 3.05) is 0 Å². The number of hydrogen-bond acceptors (Lipinski definition) is 1. The first-order chi connectivity index (χ1) is 6.20. The number of carbonyl (C=O) groups excluding carboxylic acids is 1. The molecule has 0 heterocycles. The molecule has 0 aliphatic rings. The van der Waals surface area contributed by atoms with Gasteiger partial charge in [-0.2, -0.15) is 0 Å². The average molecular weight is 309 g/mol. The molecule has 3 heteroatoms. The minimum atomic E-state index is -0.0677. The second-order valence-electron chi connectivity index (χ2n) is 2.87. The van der Waals surface area contributed by atoms with Crippen LogP contribution in [0.5, 0.6) is 0 Å². The molecule has 0 radical (unpaired) electrons. The summed E-state index contributed by atoms with van der Waals surface area (Å²) in [4.78, 5) is 10.7. The largest absolute Gasteiger partial charge is 0.303 e. The standard InChI is InChI=1S/C10H10ClIO/c1-7(6-13)10-8(5-11)3-2-4-9(10)12/h2-4,6-7H,5H2,1H3. The van der Waals surface area contributed by atoms with Crippen molar-refractivity contribution in [2.45, 2.75) is 18.7 Å². The Bertz CT molecular complexity index is 312. The molecule has 0 amide bonds. The van der Waals surface area contributed by atoms with Crippen molar-refractivity contribution in [1.29, 1.82) is 0 Å². The van der Waals surface area contributed by atoms with Gasteiger partial charge in [-0.3, -0.25) is 0 Å². The molecular formula is C10H10ClIO. The molecule has 1 rings (SSSR count). The van der Waals surface area contributed by atoms with Crippen molar-refractivity contribution in [3.8, 4) is 0 Å². The Morgan fingerprint density at radius 2 is 2.31 bits per heavy atom. The summed E-state index contributed by atoms with van der Waals surface area (Å²) < 4.78 is 1.11. The SMILES string of the molecule is CC(C=O)c1c(I)cccc1CCl. The molecule has 0 aliphatic heterocycles. The van der Waals surface area contributed by atoms with Crippen LogP contribution in [-0.2, 0) is 10.7 Å². The van der Waals surface area contributed by atoms with Crippen LogP contribution < -0.4 is 0 Å². The highest BCUT2D eigenvalue weighted by Gasteiger charge is 2.12. The van der Waals surface area contributed by atoms with Crippen molar-refractivity contribution in [2.24, 2.45) is 0 Å². The summed E-state index contributed by atoms with van der Waals surface area (Å²) in [7, 11) is 0. The molecule has 0 bridgehead atoms. The predicted molar refractivity (Wildman–Crippen MR) is 63.2 cm³/mol. The van der Waals surface area contributed by atoms with Gasteiger partial charge in [0, 0.05) is 15.4 Å². The molecule has 1 aromatic carbocycles. The van der Waals surface area contributed by atoms with Crippen molar-refractivity contribution in [1.82, 2.24) is 0 Å². The van der Waals surface area contributed by atoms with E-state index in [0.29, 0.717) is 5.88 Å². The van der Waals surface area contributed by atoms with Crippen LogP contribution in [0.3, 0.4) is 0 Å². The fourth-order valence-corrected chi connectivity index (χ4v) is 2.55. The lowest BCUT2D eigenvalue weighted by Gasteiger charge is -2.11. The first-order valence-corrected chi connectivity index (χ1v) is 5.60. The fourth-order valence-electron chi connectivity index (χ4n) is 1.28. The maximum absolute atomic E-state index is 10.7. The van der Waals surface area contributed by atoms with E-state index in [1.807, 2.05) is 25.1 Å². The van der Waals surface area contributed by atoms with Crippen LogP contribution in [0.1, 0.15) is 24.0 Å². The van der Waals surface area contributed by atoms with Gasteiger partial charge in [-0.1, -0.05) is 19.1 Å². The van der Waals surface area contributed by atoms with Gasteiger partial charge in [-0.15, -0.1) is 11.6 Å². The van der Waals surface area contributed by atoms with E-state index in [1.54, 1.807) is 0 Å². The van der Waals surface area contributed by atoms with Crippen LogP contribution in [0.15, 0.2) is 18.2 Å². The summed E-state index contributed by atoms with van der Waals surface area (Å²) in [6.07, 6.45) is 0.952. The lowest BCUT2D eigenvalue weighted by molar-refractivity contribution is -0.108. The van der Waals surface area contributed by atoms with Crippen molar-refractivity contribution in [3.05, 3.63) is 32.9 Å². The van der Waals surface area contributed by atoms with Gasteiger partial charge in [0.05, 0.1) is 0 Å². The van der Waals surface area contributed by atoms with E-state index in [4.69, 9.17) is 11.6 Å². The highest BCUT2D eigenvalue weighted by molar-refractivity contribution is 14.1. The van der Waals surface area contributed by atoms with Crippen LogP contribution in [-0.4, -0.2) is 6.29 Å². The van der Waals surface area contributed by atoms with Gasteiger partial charge in [0.15, 0.2) is 0 Å². The monoisotopic (exact) mass is 308 g/mol. The number of alkyl halides is 1. The second kappa shape index (κ2) is 4.96. The number of carbonyl (C=O) groups is 1. The minimum Gasteiger partial charge on any atom is -0.303 e. The molecule has 0 N–H and O–H groups in total. The molecule has 1 aromatic rings. The maximum atomic E-state index is 10.7. The first-order valence-electron chi connectivity index (χ1n) is 3.99. The van der Waals surface area contributed by atoms with Gasteiger partial charge in [-0.25, -0.2) is 0 Å². The molecule has 1 atom stereocenters. The normalized spacial score (nSPS) is 12.5. The zero-order valence-corrected chi connectivity index (χ0v) is 10.2. The molecule has 1 unspecified atom stereocenters. The summed E-state index contributed by atoms with van der Waals surface area (Å²) >= 11 is 8.02. The summed E-state index contributed by atoms with van der Waals surface area (Å²) in [6.45, 7) is 1.89. The molecule has 0 aromatic heterocycles. The summed E-state index contributed by atoms with van der Waals surface area (Å²) in [6, 6.07) is 5.91. The Kier molecular flexibility index (Phi) is 4.19. The molecule has 1 nitrogen and oxygen atoms in total. The van der Waals surface area contributed by atoms with Gasteiger partial charge in [0.2, 0.25) is 0 Å². The van der Waals surface area contributed by atoms with Crippen molar-refractivity contribution >= 4 is 40.5 Å². The third kappa shape index (κ3) is 2.44. The minimum absolute atomic E-state index is 0.0677. The zero-order valence-electron chi connectivity index (χ0n) is 7.26. The number of halogens is 2. The van der Waals surface area contributed by atoms with Crippen molar-refractivity contribution in [3.63, 3.8) is 0 Å². The molecule has 0 aliphatic carbocycles. The molecule has 0 saturated heterocycles.